The van der Waals surface area contributed by atoms with E-state index in [-0.39, 0.29) is 18.4 Å². The highest BCUT2D eigenvalue weighted by Gasteiger charge is 2.52. The van der Waals surface area contributed by atoms with Gasteiger partial charge in [0.25, 0.3) is 5.91 Å². The summed E-state index contributed by atoms with van der Waals surface area (Å²) in [6.07, 6.45) is 5.47. The molecule has 0 aliphatic carbocycles. The van der Waals surface area contributed by atoms with E-state index in [2.05, 4.69) is 0 Å². The summed E-state index contributed by atoms with van der Waals surface area (Å²) in [4.78, 5) is 29.0. The van der Waals surface area contributed by atoms with Crippen LogP contribution in [0, 0.1) is 5.92 Å². The summed E-state index contributed by atoms with van der Waals surface area (Å²) >= 11 is 0. The lowest BCUT2D eigenvalue weighted by Gasteiger charge is -2.28. The van der Waals surface area contributed by atoms with E-state index >= 15 is 0 Å². The second-order valence-corrected chi connectivity index (χ2v) is 8.22. The fourth-order valence-electron chi connectivity index (χ4n) is 4.50. The van der Waals surface area contributed by atoms with Gasteiger partial charge in [0.15, 0.2) is 5.60 Å². The first-order valence-corrected chi connectivity index (χ1v) is 10.8. The lowest BCUT2D eigenvalue weighted by atomic mass is 9.83. The van der Waals surface area contributed by atoms with Gasteiger partial charge in [0.1, 0.15) is 0 Å². The molecule has 31 heavy (non-hydrogen) atoms. The lowest BCUT2D eigenvalue weighted by Crippen LogP contribution is -2.44. The lowest BCUT2D eigenvalue weighted by molar-refractivity contribution is -0.139. The van der Waals surface area contributed by atoms with E-state index in [0.29, 0.717) is 37.2 Å². The van der Waals surface area contributed by atoms with Crippen molar-refractivity contribution in [3.05, 3.63) is 71.8 Å². The standard InChI is InChI=1S/C25H28N2O4/c1-18(8-4-5-15-28)25(31)21-11-2-3-12-22(21)27(24(25)30)17-19-9-6-10-20(16-19)26-14-7-13-23(26)29/h2-4,6,8-12,16,18,28,31H,5,7,13-15,17H2,1H3/b8-4+/t18-,25+/m1/s1. The summed E-state index contributed by atoms with van der Waals surface area (Å²) in [6, 6.07) is 15.0. The van der Waals surface area contributed by atoms with E-state index in [9.17, 15) is 14.7 Å². The number of hydrogen-bond donors (Lipinski definition) is 2. The number of anilines is 2. The zero-order valence-electron chi connectivity index (χ0n) is 17.7. The van der Waals surface area contributed by atoms with E-state index in [4.69, 9.17) is 5.11 Å². The molecule has 2 amide bonds. The summed E-state index contributed by atoms with van der Waals surface area (Å²) in [5, 5.41) is 20.6. The molecule has 2 aliphatic rings. The first-order valence-electron chi connectivity index (χ1n) is 10.8. The van der Waals surface area contributed by atoms with Crippen LogP contribution in [0.25, 0.3) is 0 Å². The maximum absolute atomic E-state index is 13.5. The fourth-order valence-corrected chi connectivity index (χ4v) is 4.50. The van der Waals surface area contributed by atoms with Crippen LogP contribution in [0.1, 0.15) is 37.3 Å². The highest BCUT2D eigenvalue weighted by atomic mass is 16.3. The maximum Gasteiger partial charge on any atom is 0.264 e. The Hall–Kier alpha value is -2.96. The highest BCUT2D eigenvalue weighted by molar-refractivity contribution is 6.07. The van der Waals surface area contributed by atoms with E-state index < -0.39 is 11.5 Å². The van der Waals surface area contributed by atoms with Gasteiger partial charge in [-0.3, -0.25) is 9.59 Å². The van der Waals surface area contributed by atoms with Gasteiger partial charge >= 0.3 is 0 Å². The topological polar surface area (TPSA) is 81.1 Å². The highest BCUT2D eigenvalue weighted by Crippen LogP contribution is 2.45. The van der Waals surface area contributed by atoms with Crippen LogP contribution in [0.15, 0.2) is 60.7 Å². The van der Waals surface area contributed by atoms with Crippen molar-refractivity contribution in [1.29, 1.82) is 0 Å². The molecule has 4 rings (SSSR count). The number of rotatable bonds is 7. The molecule has 0 saturated carbocycles. The Morgan fingerprint density at radius 1 is 1.16 bits per heavy atom. The number of carbonyl (C=O) groups is 2. The zero-order chi connectivity index (χ0) is 22.0. The quantitative estimate of drug-likeness (QED) is 0.675. The van der Waals surface area contributed by atoms with Crippen LogP contribution in [0.5, 0.6) is 0 Å². The summed E-state index contributed by atoms with van der Waals surface area (Å²) in [5.74, 6) is -0.693. The predicted molar refractivity (Wildman–Crippen MR) is 120 cm³/mol. The van der Waals surface area contributed by atoms with Crippen molar-refractivity contribution < 1.29 is 19.8 Å². The average Bonchev–Trinajstić information content (AvgIpc) is 3.30. The molecule has 2 atom stereocenters. The molecule has 2 aliphatic heterocycles. The number of benzene rings is 2. The van der Waals surface area contributed by atoms with Crippen LogP contribution in [0.2, 0.25) is 0 Å². The Kier molecular flexibility index (Phi) is 5.94. The molecule has 0 bridgehead atoms. The Morgan fingerprint density at radius 2 is 1.97 bits per heavy atom. The third-order valence-corrected chi connectivity index (χ3v) is 6.19. The molecule has 0 spiro atoms. The van der Waals surface area contributed by atoms with Crippen LogP contribution in [0.4, 0.5) is 11.4 Å². The smallest absolute Gasteiger partial charge is 0.264 e. The third kappa shape index (κ3) is 3.77. The van der Waals surface area contributed by atoms with Crippen molar-refractivity contribution in [2.45, 2.75) is 38.3 Å². The molecule has 6 heteroatoms. The molecular formula is C25H28N2O4. The van der Waals surface area contributed by atoms with Crippen molar-refractivity contribution in [1.82, 2.24) is 0 Å². The average molecular weight is 421 g/mol. The van der Waals surface area contributed by atoms with Crippen molar-refractivity contribution in [2.24, 2.45) is 5.92 Å². The number of hydrogen-bond acceptors (Lipinski definition) is 4. The van der Waals surface area contributed by atoms with Gasteiger partial charge in [-0.2, -0.15) is 0 Å². The Bertz CT molecular complexity index is 1020. The predicted octanol–water partition coefficient (Wildman–Crippen LogP) is 3.12. The number of nitrogens with zero attached hydrogens (tertiary/aromatic N) is 2. The van der Waals surface area contributed by atoms with Gasteiger partial charge in [0.05, 0.1) is 12.2 Å². The molecule has 2 N–H and O–H groups in total. The largest absolute Gasteiger partial charge is 0.396 e. The molecule has 2 heterocycles. The van der Waals surface area contributed by atoms with Crippen molar-refractivity contribution in [3.63, 3.8) is 0 Å². The van der Waals surface area contributed by atoms with Gasteiger partial charge < -0.3 is 20.0 Å². The van der Waals surface area contributed by atoms with Gasteiger partial charge in [-0.1, -0.05) is 49.4 Å². The number of aliphatic hydroxyl groups is 2. The summed E-state index contributed by atoms with van der Waals surface area (Å²) in [7, 11) is 0. The second-order valence-electron chi connectivity index (χ2n) is 8.22. The molecule has 2 aromatic carbocycles. The molecule has 0 radical (unpaired) electrons. The number of para-hydroxylation sites is 1. The Balaban J connectivity index is 1.64. The molecule has 2 aromatic rings. The van der Waals surface area contributed by atoms with Crippen LogP contribution in [-0.4, -0.2) is 35.2 Å². The monoisotopic (exact) mass is 420 g/mol. The molecule has 0 unspecified atom stereocenters. The maximum atomic E-state index is 13.5. The van der Waals surface area contributed by atoms with Crippen molar-refractivity contribution >= 4 is 23.2 Å². The van der Waals surface area contributed by atoms with Crippen LogP contribution >= 0.6 is 0 Å². The molecule has 1 fully saturated rings. The summed E-state index contributed by atoms with van der Waals surface area (Å²) in [5.41, 5.74) is 1.36. The van der Waals surface area contributed by atoms with Gasteiger partial charge in [0.2, 0.25) is 5.91 Å². The normalized spacial score (nSPS) is 21.9. The van der Waals surface area contributed by atoms with E-state index in [1.165, 1.54) is 0 Å². The molecule has 1 saturated heterocycles. The van der Waals surface area contributed by atoms with Gasteiger partial charge in [-0.05, 0) is 36.6 Å². The fraction of sp³-hybridized carbons (Fsp3) is 0.360. The summed E-state index contributed by atoms with van der Waals surface area (Å²) in [6.45, 7) is 2.85. The van der Waals surface area contributed by atoms with Crippen LogP contribution in [-0.2, 0) is 21.7 Å². The van der Waals surface area contributed by atoms with Gasteiger partial charge in [-0.15, -0.1) is 0 Å². The van der Waals surface area contributed by atoms with E-state index in [0.717, 1.165) is 17.7 Å². The van der Waals surface area contributed by atoms with Crippen molar-refractivity contribution in [3.8, 4) is 0 Å². The first kappa shape index (κ1) is 21.3. The van der Waals surface area contributed by atoms with Crippen molar-refractivity contribution in [2.75, 3.05) is 23.0 Å². The van der Waals surface area contributed by atoms with Crippen LogP contribution in [0.3, 0.4) is 0 Å². The van der Waals surface area contributed by atoms with E-state index in [1.54, 1.807) is 28.0 Å². The first-order chi connectivity index (χ1) is 15.0. The SMILES string of the molecule is C[C@H](/C=C/CCO)[C@@]1(O)C(=O)N(Cc2cccc(N3CCCC3=O)c2)c2ccccc21. The molecule has 162 valence electrons. The van der Waals surface area contributed by atoms with Crippen LogP contribution < -0.4 is 9.80 Å². The number of amides is 2. The number of carbonyl (C=O) groups excluding carboxylic acids is 2. The Labute approximate surface area is 182 Å². The molecular weight excluding hydrogens is 392 g/mol. The molecule has 0 aromatic heterocycles. The third-order valence-electron chi connectivity index (χ3n) is 6.19. The molecule has 6 nitrogen and oxygen atoms in total. The number of aliphatic hydroxyl groups excluding tert-OH is 1. The minimum atomic E-state index is -1.66. The minimum absolute atomic E-state index is 0.0220. The van der Waals surface area contributed by atoms with Gasteiger partial charge in [-0.25, -0.2) is 0 Å². The second kappa shape index (κ2) is 8.65. The minimum Gasteiger partial charge on any atom is -0.396 e. The zero-order valence-corrected chi connectivity index (χ0v) is 17.7. The Morgan fingerprint density at radius 3 is 2.71 bits per heavy atom. The summed E-state index contributed by atoms with van der Waals surface area (Å²) < 4.78 is 0. The number of fused-ring (bicyclic) bond motifs is 1. The van der Waals surface area contributed by atoms with E-state index in [1.807, 2.05) is 49.4 Å². The van der Waals surface area contributed by atoms with Gasteiger partial charge in [0, 0.05) is 36.7 Å².